The summed E-state index contributed by atoms with van der Waals surface area (Å²) in [5, 5.41) is 4.81. The number of quaternary nitrogens is 1. The van der Waals surface area contributed by atoms with E-state index in [1.54, 1.807) is 21.3 Å². The van der Waals surface area contributed by atoms with Crippen molar-refractivity contribution in [2.45, 2.75) is 18.9 Å². The Hall–Kier alpha value is -1.75. The first-order valence-electron chi connectivity index (χ1n) is 6.51. The Morgan fingerprint density at radius 1 is 1.32 bits per heavy atom. The topological polar surface area (TPSA) is 64.2 Å². The number of aryl methyl sites for hydroxylation is 1. The minimum Gasteiger partial charge on any atom is -0.493 e. The molecule has 1 aromatic carbocycles. The second-order valence-corrected chi connectivity index (χ2v) is 4.63. The van der Waals surface area contributed by atoms with Gasteiger partial charge in [0.2, 0.25) is 0 Å². The Bertz CT molecular complexity index is 474. The quantitative estimate of drug-likeness (QED) is 0.808. The van der Waals surface area contributed by atoms with Gasteiger partial charge in [0.1, 0.15) is 0 Å². The van der Waals surface area contributed by atoms with Crippen molar-refractivity contribution in [1.29, 1.82) is 0 Å². The molecule has 1 heterocycles. The molecule has 1 atom stereocenters. The van der Waals surface area contributed by atoms with Gasteiger partial charge in [0.25, 0.3) is 5.91 Å². The molecule has 104 valence electrons. The molecule has 0 saturated heterocycles. The maximum Gasteiger partial charge on any atom is 0.282 e. The summed E-state index contributed by atoms with van der Waals surface area (Å²) in [6, 6.07) is 3.71. The fourth-order valence-electron chi connectivity index (χ4n) is 2.55. The predicted octanol–water partition coefficient (Wildman–Crippen LogP) is 0.000500. The smallest absolute Gasteiger partial charge is 0.282 e. The van der Waals surface area contributed by atoms with Crippen LogP contribution in [0.5, 0.6) is 11.5 Å². The number of carbonyl (C=O) groups is 1. The third kappa shape index (κ3) is 2.66. The summed E-state index contributed by atoms with van der Waals surface area (Å²) in [6.45, 7) is 0.942. The van der Waals surface area contributed by atoms with Crippen LogP contribution in [-0.4, -0.2) is 33.7 Å². The van der Waals surface area contributed by atoms with Crippen LogP contribution in [0.25, 0.3) is 0 Å². The fraction of sp³-hybridized carbons (Fsp3) is 0.500. The molecule has 1 aromatic rings. The second kappa shape index (κ2) is 5.93. The summed E-state index contributed by atoms with van der Waals surface area (Å²) in [5.41, 5.74) is 2.19. The first-order chi connectivity index (χ1) is 9.21. The van der Waals surface area contributed by atoms with E-state index in [-0.39, 0.29) is 11.9 Å². The molecule has 0 bridgehead atoms. The largest absolute Gasteiger partial charge is 0.493 e. The lowest BCUT2D eigenvalue weighted by molar-refractivity contribution is -0.682. The van der Waals surface area contributed by atoms with Crippen molar-refractivity contribution >= 4 is 5.91 Å². The van der Waals surface area contributed by atoms with Crippen LogP contribution >= 0.6 is 0 Å². The van der Waals surface area contributed by atoms with E-state index in [0.29, 0.717) is 5.75 Å². The van der Waals surface area contributed by atoms with Crippen LogP contribution in [0.2, 0.25) is 0 Å². The van der Waals surface area contributed by atoms with E-state index in [4.69, 9.17) is 9.47 Å². The lowest BCUT2D eigenvalue weighted by Crippen LogP contribution is -2.87. The van der Waals surface area contributed by atoms with E-state index in [1.165, 1.54) is 5.56 Å². The molecule has 3 N–H and O–H groups in total. The van der Waals surface area contributed by atoms with Crippen LogP contribution in [0.15, 0.2) is 12.1 Å². The second-order valence-electron chi connectivity index (χ2n) is 4.63. The zero-order chi connectivity index (χ0) is 13.8. The number of likely N-dealkylation sites (N-methyl/N-ethyl adjacent to an activating group) is 1. The number of carbonyl (C=O) groups excluding carboxylic acids is 1. The number of nitrogens with two attached hydrogens (primary N) is 1. The summed E-state index contributed by atoms with van der Waals surface area (Å²) < 4.78 is 10.7. The standard InChI is InChI=1S/C14H20N2O3/c1-15-14(17)13-10-8-12(19-3)11(18-2)7-9(10)5-4-6-16-13/h7-8,13,16H,4-6H2,1-3H3,(H,15,17)/p+1/t13-/m1/s1. The lowest BCUT2D eigenvalue weighted by Gasteiger charge is -2.17. The molecule has 0 aromatic heterocycles. The number of ether oxygens (including phenoxy) is 2. The predicted molar refractivity (Wildman–Crippen MR) is 71.5 cm³/mol. The van der Waals surface area contributed by atoms with Crippen molar-refractivity contribution in [3.05, 3.63) is 23.3 Å². The molecular weight excluding hydrogens is 244 g/mol. The fourth-order valence-corrected chi connectivity index (χ4v) is 2.55. The average Bonchev–Trinajstić information content (AvgIpc) is 2.66. The molecule has 2 rings (SSSR count). The maximum absolute atomic E-state index is 12.0. The van der Waals surface area contributed by atoms with Crippen LogP contribution in [-0.2, 0) is 11.2 Å². The molecule has 1 aliphatic rings. The summed E-state index contributed by atoms with van der Waals surface area (Å²) >= 11 is 0. The number of benzene rings is 1. The monoisotopic (exact) mass is 265 g/mol. The Kier molecular flexibility index (Phi) is 4.27. The Morgan fingerprint density at radius 3 is 2.63 bits per heavy atom. The van der Waals surface area contributed by atoms with Gasteiger partial charge < -0.3 is 20.1 Å². The Balaban J connectivity index is 2.50. The van der Waals surface area contributed by atoms with Crippen molar-refractivity contribution in [2.24, 2.45) is 0 Å². The van der Waals surface area contributed by atoms with Gasteiger partial charge in [0, 0.05) is 19.0 Å². The van der Waals surface area contributed by atoms with Crippen molar-refractivity contribution in [2.75, 3.05) is 27.8 Å². The normalized spacial score (nSPS) is 18.2. The number of nitrogens with one attached hydrogen (secondary N) is 1. The van der Waals surface area contributed by atoms with Gasteiger partial charge in [-0.3, -0.25) is 4.79 Å². The number of hydrogen-bond acceptors (Lipinski definition) is 3. The van der Waals surface area contributed by atoms with E-state index < -0.39 is 0 Å². The van der Waals surface area contributed by atoms with Crippen LogP contribution in [0.1, 0.15) is 23.6 Å². The maximum atomic E-state index is 12.0. The van der Waals surface area contributed by atoms with Crippen molar-refractivity contribution in [3.8, 4) is 11.5 Å². The number of methoxy groups -OCH3 is 2. The molecule has 0 radical (unpaired) electrons. The van der Waals surface area contributed by atoms with Crippen molar-refractivity contribution in [3.63, 3.8) is 0 Å². The number of fused-ring (bicyclic) bond motifs is 1. The van der Waals surface area contributed by atoms with Crippen LogP contribution in [0.3, 0.4) is 0 Å². The molecule has 5 heteroatoms. The molecule has 0 aliphatic carbocycles. The van der Waals surface area contributed by atoms with E-state index in [1.807, 2.05) is 12.1 Å². The molecule has 1 amide bonds. The summed E-state index contributed by atoms with van der Waals surface area (Å²) in [5.74, 6) is 1.42. The summed E-state index contributed by atoms with van der Waals surface area (Å²) in [7, 11) is 4.91. The SMILES string of the molecule is CNC(=O)[C@@H]1[NH2+]CCCc2cc(OC)c(OC)cc21. The molecule has 0 fully saturated rings. The summed E-state index contributed by atoms with van der Waals surface area (Å²) in [4.78, 5) is 12.0. The highest BCUT2D eigenvalue weighted by atomic mass is 16.5. The van der Waals surface area contributed by atoms with Gasteiger partial charge in [-0.1, -0.05) is 0 Å². The highest BCUT2D eigenvalue weighted by Crippen LogP contribution is 2.33. The van der Waals surface area contributed by atoms with Gasteiger partial charge in [0.05, 0.1) is 20.8 Å². The molecule has 0 saturated carbocycles. The van der Waals surface area contributed by atoms with Crippen LogP contribution in [0.4, 0.5) is 0 Å². The molecular formula is C14H21N2O3+. The van der Waals surface area contributed by atoms with Crippen molar-refractivity contribution < 1.29 is 19.6 Å². The number of amides is 1. The van der Waals surface area contributed by atoms with Crippen LogP contribution in [0, 0.1) is 0 Å². The minimum absolute atomic E-state index is 0.0235. The zero-order valence-corrected chi connectivity index (χ0v) is 11.7. The van der Waals surface area contributed by atoms with E-state index in [9.17, 15) is 4.79 Å². The first-order valence-corrected chi connectivity index (χ1v) is 6.51. The first kappa shape index (κ1) is 13.7. The third-order valence-electron chi connectivity index (χ3n) is 3.56. The summed E-state index contributed by atoms with van der Waals surface area (Å²) in [6.07, 6.45) is 2.01. The van der Waals surface area contributed by atoms with Crippen molar-refractivity contribution in [1.82, 2.24) is 5.32 Å². The van der Waals surface area contributed by atoms with Gasteiger partial charge in [-0.05, 0) is 24.1 Å². The number of rotatable bonds is 3. The van der Waals surface area contributed by atoms with Gasteiger partial charge in [-0.15, -0.1) is 0 Å². The number of hydrogen-bond donors (Lipinski definition) is 2. The highest BCUT2D eigenvalue weighted by molar-refractivity contribution is 5.82. The average molecular weight is 265 g/mol. The molecule has 5 nitrogen and oxygen atoms in total. The lowest BCUT2D eigenvalue weighted by atomic mass is 9.97. The van der Waals surface area contributed by atoms with E-state index in [2.05, 4.69) is 10.6 Å². The van der Waals surface area contributed by atoms with E-state index in [0.717, 1.165) is 30.7 Å². The highest BCUT2D eigenvalue weighted by Gasteiger charge is 2.29. The Labute approximate surface area is 113 Å². The molecule has 1 aliphatic heterocycles. The molecule has 19 heavy (non-hydrogen) atoms. The molecule has 0 unspecified atom stereocenters. The van der Waals surface area contributed by atoms with Gasteiger partial charge in [-0.25, -0.2) is 0 Å². The van der Waals surface area contributed by atoms with Crippen LogP contribution < -0.4 is 20.1 Å². The molecule has 0 spiro atoms. The zero-order valence-electron chi connectivity index (χ0n) is 11.7. The van der Waals surface area contributed by atoms with Gasteiger partial charge in [-0.2, -0.15) is 0 Å². The third-order valence-corrected chi connectivity index (χ3v) is 3.56. The van der Waals surface area contributed by atoms with E-state index >= 15 is 0 Å². The Morgan fingerprint density at radius 2 is 2.00 bits per heavy atom. The van der Waals surface area contributed by atoms with Gasteiger partial charge in [0.15, 0.2) is 17.5 Å². The minimum atomic E-state index is -0.206. The van der Waals surface area contributed by atoms with Gasteiger partial charge >= 0.3 is 0 Å².